The molecule has 0 bridgehead atoms. The highest BCUT2D eigenvalue weighted by atomic mass is 32.1. The minimum atomic E-state index is 0.560. The topological polar surface area (TPSA) is 27.1 Å². The van der Waals surface area contributed by atoms with Gasteiger partial charge in [0.05, 0.1) is 12.4 Å². The van der Waals surface area contributed by atoms with Crippen molar-refractivity contribution in [3.05, 3.63) is 22.4 Å². The average molecular weight is 194 g/mol. The summed E-state index contributed by atoms with van der Waals surface area (Å²) in [4.78, 5) is 3.40. The number of amidine groups is 1. The van der Waals surface area contributed by atoms with E-state index >= 15 is 0 Å². The van der Waals surface area contributed by atoms with Crippen molar-refractivity contribution in [2.75, 3.05) is 7.05 Å². The molecule has 0 radical (unpaired) electrons. The largest absolute Gasteiger partial charge is 0.358 e. The second-order valence-corrected chi connectivity index (χ2v) is 4.63. The molecule has 1 fully saturated rings. The Kier molecular flexibility index (Phi) is 2.36. The molecule has 0 aromatic carbocycles. The van der Waals surface area contributed by atoms with E-state index in [-0.39, 0.29) is 0 Å². The molecule has 2 nitrogen and oxygen atoms in total. The highest BCUT2D eigenvalue weighted by Crippen LogP contribution is 2.31. The number of nitrogens with one attached hydrogen (secondary N) is 1. The molecule has 1 aliphatic rings. The summed E-state index contributed by atoms with van der Waals surface area (Å²) in [7, 11) is 2.01. The van der Waals surface area contributed by atoms with Gasteiger partial charge in [-0.25, -0.2) is 0 Å². The molecule has 1 aromatic rings. The van der Waals surface area contributed by atoms with E-state index in [0.717, 1.165) is 12.4 Å². The first-order chi connectivity index (χ1) is 6.27. The quantitative estimate of drug-likeness (QED) is 0.581. The van der Waals surface area contributed by atoms with Crippen molar-refractivity contribution >= 4 is 17.2 Å². The summed E-state index contributed by atoms with van der Waals surface area (Å²) in [5.74, 6) is 1.37. The van der Waals surface area contributed by atoms with Crippen molar-refractivity contribution in [3.8, 4) is 0 Å². The first-order valence-corrected chi connectivity index (χ1v) is 5.47. The van der Waals surface area contributed by atoms with E-state index in [1.165, 1.54) is 17.7 Å². The number of nitrogens with zero attached hydrogens (tertiary/aromatic N) is 1. The molecule has 70 valence electrons. The van der Waals surface area contributed by atoms with Crippen LogP contribution in [0.3, 0.4) is 0 Å². The summed E-state index contributed by atoms with van der Waals surface area (Å²) in [5.41, 5.74) is 0. The number of thiophene rings is 1. The zero-order valence-corrected chi connectivity index (χ0v) is 8.60. The van der Waals surface area contributed by atoms with Crippen molar-refractivity contribution in [2.45, 2.75) is 19.4 Å². The smallest absolute Gasteiger partial charge is 0.0990 e. The number of hydrogen-bond acceptors (Lipinski definition) is 2. The summed E-state index contributed by atoms with van der Waals surface area (Å²) in [5, 5.41) is 9.93. The third-order valence-corrected chi connectivity index (χ3v) is 3.21. The van der Waals surface area contributed by atoms with Gasteiger partial charge in [-0.2, -0.15) is 0 Å². The van der Waals surface area contributed by atoms with Crippen LogP contribution in [0.25, 0.3) is 0 Å². The molecule has 13 heavy (non-hydrogen) atoms. The van der Waals surface area contributed by atoms with Gasteiger partial charge in [-0.15, -0.1) is 11.3 Å². The molecule has 0 saturated heterocycles. The van der Waals surface area contributed by atoms with E-state index in [1.807, 2.05) is 7.05 Å². The van der Waals surface area contributed by atoms with Gasteiger partial charge in [0.1, 0.15) is 0 Å². The van der Waals surface area contributed by atoms with E-state index in [2.05, 4.69) is 22.4 Å². The van der Waals surface area contributed by atoms with E-state index in [1.54, 1.807) is 11.3 Å². The van der Waals surface area contributed by atoms with Crippen LogP contribution in [0, 0.1) is 11.3 Å². The van der Waals surface area contributed by atoms with Crippen LogP contribution in [-0.2, 0) is 6.54 Å². The molecule has 2 rings (SSSR count). The van der Waals surface area contributed by atoms with Crippen LogP contribution in [0.15, 0.2) is 17.5 Å². The lowest BCUT2D eigenvalue weighted by molar-refractivity contribution is 0.486. The molecule has 3 heteroatoms. The molecule has 1 aliphatic carbocycles. The minimum Gasteiger partial charge on any atom is -0.358 e. The Balaban J connectivity index is 1.90. The van der Waals surface area contributed by atoms with Gasteiger partial charge in [0, 0.05) is 17.8 Å². The molecular weight excluding hydrogens is 180 g/mol. The van der Waals surface area contributed by atoms with E-state index in [4.69, 9.17) is 5.41 Å². The second-order valence-electron chi connectivity index (χ2n) is 3.59. The van der Waals surface area contributed by atoms with Gasteiger partial charge in [0.15, 0.2) is 0 Å². The fourth-order valence-corrected chi connectivity index (χ4v) is 2.15. The Morgan fingerprint density at radius 2 is 2.46 bits per heavy atom. The lowest BCUT2D eigenvalue weighted by atomic mass is 10.3. The van der Waals surface area contributed by atoms with Gasteiger partial charge in [-0.05, 0) is 24.3 Å². The molecular formula is C10H14N2S. The van der Waals surface area contributed by atoms with Crippen LogP contribution in [0.4, 0.5) is 0 Å². The van der Waals surface area contributed by atoms with Crippen molar-refractivity contribution in [3.63, 3.8) is 0 Å². The Morgan fingerprint density at radius 3 is 3.00 bits per heavy atom. The predicted molar refractivity (Wildman–Crippen MR) is 56.2 cm³/mol. The Hall–Kier alpha value is -0.830. The maximum atomic E-state index is 7.84. The Morgan fingerprint density at radius 1 is 1.69 bits per heavy atom. The van der Waals surface area contributed by atoms with Gasteiger partial charge in [0.25, 0.3) is 0 Å². The Labute approximate surface area is 82.7 Å². The fraction of sp³-hybridized carbons (Fsp3) is 0.500. The van der Waals surface area contributed by atoms with Gasteiger partial charge < -0.3 is 4.90 Å². The summed E-state index contributed by atoms with van der Waals surface area (Å²) in [6.07, 6.45) is 2.43. The van der Waals surface area contributed by atoms with Gasteiger partial charge in [-0.1, -0.05) is 6.07 Å². The molecule has 0 aliphatic heterocycles. The molecule has 0 spiro atoms. The van der Waals surface area contributed by atoms with E-state index in [9.17, 15) is 0 Å². The molecule has 1 saturated carbocycles. The summed E-state index contributed by atoms with van der Waals surface area (Å²) < 4.78 is 0. The van der Waals surface area contributed by atoms with Gasteiger partial charge >= 0.3 is 0 Å². The van der Waals surface area contributed by atoms with Crippen LogP contribution in [0.2, 0.25) is 0 Å². The second kappa shape index (κ2) is 3.50. The third-order valence-electron chi connectivity index (χ3n) is 2.35. The normalized spacial score (nSPS) is 15.8. The SMILES string of the molecule is CN(Cc1cccs1)C(=N)C1CC1. The summed E-state index contributed by atoms with van der Waals surface area (Å²) in [6, 6.07) is 4.19. The van der Waals surface area contributed by atoms with Gasteiger partial charge in [-0.3, -0.25) is 5.41 Å². The van der Waals surface area contributed by atoms with Crippen LogP contribution >= 0.6 is 11.3 Å². The van der Waals surface area contributed by atoms with E-state index in [0.29, 0.717) is 5.92 Å². The van der Waals surface area contributed by atoms with Crippen LogP contribution in [0.1, 0.15) is 17.7 Å². The summed E-state index contributed by atoms with van der Waals surface area (Å²) >= 11 is 1.76. The van der Waals surface area contributed by atoms with Crippen LogP contribution < -0.4 is 0 Å². The molecule has 0 amide bonds. The maximum absolute atomic E-state index is 7.84. The fourth-order valence-electron chi connectivity index (χ4n) is 1.39. The van der Waals surface area contributed by atoms with Crippen LogP contribution in [-0.4, -0.2) is 17.8 Å². The molecule has 1 N–H and O–H groups in total. The zero-order valence-electron chi connectivity index (χ0n) is 7.79. The van der Waals surface area contributed by atoms with Crippen molar-refractivity contribution in [1.29, 1.82) is 5.41 Å². The molecule has 1 aromatic heterocycles. The van der Waals surface area contributed by atoms with Crippen molar-refractivity contribution in [2.24, 2.45) is 5.92 Å². The lowest BCUT2D eigenvalue weighted by Crippen LogP contribution is -2.26. The zero-order chi connectivity index (χ0) is 9.26. The lowest BCUT2D eigenvalue weighted by Gasteiger charge is -2.18. The first-order valence-electron chi connectivity index (χ1n) is 4.59. The number of hydrogen-bond donors (Lipinski definition) is 1. The minimum absolute atomic E-state index is 0.560. The molecule has 0 atom stereocenters. The predicted octanol–water partition coefficient (Wildman–Crippen LogP) is 2.57. The molecule has 1 heterocycles. The van der Waals surface area contributed by atoms with Crippen LogP contribution in [0.5, 0.6) is 0 Å². The first kappa shape index (κ1) is 8.75. The summed E-state index contributed by atoms with van der Waals surface area (Å²) in [6.45, 7) is 0.896. The number of rotatable bonds is 3. The Bertz CT molecular complexity index is 288. The average Bonchev–Trinajstić information content (AvgIpc) is 2.85. The van der Waals surface area contributed by atoms with Gasteiger partial charge in [0.2, 0.25) is 0 Å². The van der Waals surface area contributed by atoms with Crippen molar-refractivity contribution < 1.29 is 0 Å². The standard InChI is InChI=1S/C10H14N2S/c1-12(10(11)8-4-5-8)7-9-3-2-6-13-9/h2-3,6,8,11H,4-5,7H2,1H3. The molecule has 0 unspecified atom stereocenters. The third kappa shape index (κ3) is 2.10. The highest BCUT2D eigenvalue weighted by Gasteiger charge is 2.28. The van der Waals surface area contributed by atoms with Crippen molar-refractivity contribution in [1.82, 2.24) is 4.90 Å². The van der Waals surface area contributed by atoms with E-state index < -0.39 is 0 Å². The highest BCUT2D eigenvalue weighted by molar-refractivity contribution is 7.09. The monoisotopic (exact) mass is 194 g/mol. The maximum Gasteiger partial charge on any atom is 0.0990 e.